The zero-order valence-electron chi connectivity index (χ0n) is 50.0. The maximum Gasteiger partial charge on any atom is 0.414 e. The number of aryl methyl sites for hydroxylation is 1. The summed E-state index contributed by atoms with van der Waals surface area (Å²) in [5.41, 5.74) is 2.70. The molecule has 0 radical (unpaired) electrons. The van der Waals surface area contributed by atoms with Gasteiger partial charge in [-0.2, -0.15) is 5.26 Å². The van der Waals surface area contributed by atoms with E-state index in [4.69, 9.17) is 25.5 Å². The molecule has 90 heavy (non-hydrogen) atoms. The molecule has 19 nitrogen and oxygen atoms in total. The van der Waals surface area contributed by atoms with E-state index in [1.165, 1.54) is 74.5 Å². The fourth-order valence-electron chi connectivity index (χ4n) is 11.4. The normalized spacial score (nSPS) is 15.7. The third-order valence-electron chi connectivity index (χ3n) is 16.0. The Morgan fingerprint density at radius 1 is 0.789 bits per heavy atom. The standard InChI is InChI=1S/C67H62ClN7O12S3/c1-40-33-48(27-24-43(40)35-44(38-69)63-70-54-36-45(66(2,3)4)25-31-57(54)87-63)74(47-17-9-10-18-47)65(78)85-39-41-23-30-58(55(34-41)73-90(83,84)60-32-29-53(72-88(7,79)80)50-20-12-13-21-51(50)60)86-61-62(76)67(5,6)75(64(61)77)56-37-46(26-28-52(56)68)71-89(81,82)59-22-14-16-42-15-8-11-19-49(42)59/h8,11-16,19-37,47,61,71-73H,9-10,17-18,39H2,1-7H3/b44-35+. The van der Waals surface area contributed by atoms with Crippen molar-refractivity contribution in [2.45, 2.75) is 107 Å². The van der Waals surface area contributed by atoms with Crippen molar-refractivity contribution in [2.75, 3.05) is 30.2 Å². The molecule has 1 saturated carbocycles. The van der Waals surface area contributed by atoms with Crippen molar-refractivity contribution in [1.82, 2.24) is 4.98 Å². The first-order chi connectivity index (χ1) is 42.6. The minimum atomic E-state index is -4.68. The third-order valence-corrected chi connectivity index (χ3v) is 19.8. The van der Waals surface area contributed by atoms with Gasteiger partial charge in [0.1, 0.15) is 35.1 Å². The number of ether oxygens (including phenoxy) is 2. The number of benzene rings is 8. The van der Waals surface area contributed by atoms with Crippen LogP contribution in [0.2, 0.25) is 5.02 Å². The van der Waals surface area contributed by atoms with Crippen molar-refractivity contribution >= 4 is 132 Å². The molecule has 1 aromatic heterocycles. The summed E-state index contributed by atoms with van der Waals surface area (Å²) in [6, 6.07) is 42.1. The molecule has 2 amide bonds. The number of amides is 2. The third kappa shape index (κ3) is 12.5. The fraction of sp³-hybridized carbons (Fsp3) is 0.239. The zero-order valence-corrected chi connectivity index (χ0v) is 53.2. The first kappa shape index (κ1) is 62.3. The molecule has 11 rings (SSSR count). The molecule has 23 heteroatoms. The first-order valence-electron chi connectivity index (χ1n) is 28.7. The van der Waals surface area contributed by atoms with Crippen LogP contribution in [0.15, 0.2) is 166 Å². The fourth-order valence-corrected chi connectivity index (χ4v) is 14.8. The Hall–Kier alpha value is -9.27. The van der Waals surface area contributed by atoms with Crippen LogP contribution in [0.1, 0.15) is 88.4 Å². The van der Waals surface area contributed by atoms with E-state index < -0.39 is 66.1 Å². The van der Waals surface area contributed by atoms with E-state index in [-0.39, 0.29) is 82.6 Å². The van der Waals surface area contributed by atoms with Crippen LogP contribution in [0.3, 0.4) is 0 Å². The zero-order chi connectivity index (χ0) is 64.2. The molecule has 2 aliphatic rings. The van der Waals surface area contributed by atoms with Crippen LogP contribution in [0.5, 0.6) is 5.75 Å². The number of carbonyl (C=O) groups is 3. The summed E-state index contributed by atoms with van der Waals surface area (Å²) in [5.74, 6) is -1.79. The van der Waals surface area contributed by atoms with Gasteiger partial charge in [0.25, 0.3) is 26.0 Å². The number of rotatable bonds is 17. The van der Waals surface area contributed by atoms with Crippen molar-refractivity contribution in [3.05, 3.63) is 185 Å². The number of nitrogens with one attached hydrogen (secondary N) is 3. The van der Waals surface area contributed by atoms with Crippen molar-refractivity contribution in [3.63, 3.8) is 0 Å². The summed E-state index contributed by atoms with van der Waals surface area (Å²) in [6.45, 7) is 10.7. The molecule has 462 valence electrons. The Labute approximate surface area is 526 Å². The molecule has 1 aliphatic heterocycles. The number of anilines is 5. The van der Waals surface area contributed by atoms with Crippen molar-refractivity contribution < 1.29 is 53.5 Å². The monoisotopic (exact) mass is 1290 g/mol. The summed E-state index contributed by atoms with van der Waals surface area (Å²) < 4.78 is 108. The highest BCUT2D eigenvalue weighted by molar-refractivity contribution is 7.93. The summed E-state index contributed by atoms with van der Waals surface area (Å²) in [5, 5.41) is 11.9. The summed E-state index contributed by atoms with van der Waals surface area (Å²) in [7, 11) is -12.7. The number of Topliss-reactive ketones (excluding diaryl/α,β-unsaturated/α-hetero) is 1. The maximum absolute atomic E-state index is 14.8. The van der Waals surface area contributed by atoms with E-state index >= 15 is 0 Å². The second-order valence-electron chi connectivity index (χ2n) is 23.8. The SMILES string of the molecule is Cc1cc(N(C(=O)OCc2ccc(OC3C(=O)N(c4cc(NS(=O)(=O)c5cccc6ccccc56)ccc4Cl)C(C)(C)C3=O)c(NS(=O)(=O)c3ccc(NS(C)(=O)=O)c4ccccc34)c2)C2CCCC2)ccc1/C=C(\C#N)c1nc2cc(C(C)(C)C)ccc2o1. The molecule has 9 aromatic rings. The van der Waals surface area contributed by atoms with Gasteiger partial charge >= 0.3 is 6.09 Å². The minimum Gasteiger partial charge on any atom is -0.470 e. The highest BCUT2D eigenvalue weighted by atomic mass is 35.5. The number of nitriles is 1. The van der Waals surface area contributed by atoms with Crippen LogP contribution >= 0.6 is 11.6 Å². The van der Waals surface area contributed by atoms with Gasteiger partial charge in [0.2, 0.25) is 27.8 Å². The summed E-state index contributed by atoms with van der Waals surface area (Å²) in [6.07, 6.45) is 3.15. The van der Waals surface area contributed by atoms with E-state index in [0.29, 0.717) is 46.0 Å². The lowest BCUT2D eigenvalue weighted by Crippen LogP contribution is -2.44. The van der Waals surface area contributed by atoms with E-state index in [9.17, 15) is 44.9 Å². The molecule has 3 N–H and O–H groups in total. The van der Waals surface area contributed by atoms with Gasteiger partial charge < -0.3 is 13.9 Å². The molecule has 1 saturated heterocycles. The highest BCUT2D eigenvalue weighted by Crippen LogP contribution is 2.42. The van der Waals surface area contributed by atoms with Gasteiger partial charge in [0, 0.05) is 27.9 Å². The number of hydrogen-bond acceptors (Lipinski definition) is 14. The van der Waals surface area contributed by atoms with Crippen LogP contribution in [0, 0.1) is 18.3 Å². The number of oxazole rings is 1. The number of fused-ring (bicyclic) bond motifs is 3. The first-order valence-corrected chi connectivity index (χ1v) is 33.9. The van der Waals surface area contributed by atoms with Crippen LogP contribution in [-0.4, -0.2) is 72.0 Å². The van der Waals surface area contributed by atoms with Crippen LogP contribution < -0.4 is 28.7 Å². The lowest BCUT2D eigenvalue weighted by Gasteiger charge is -2.30. The van der Waals surface area contributed by atoms with Crippen molar-refractivity contribution in [3.8, 4) is 11.8 Å². The second-order valence-corrected chi connectivity index (χ2v) is 29.3. The molecule has 1 unspecified atom stereocenters. The van der Waals surface area contributed by atoms with Gasteiger partial charge in [-0.15, -0.1) is 0 Å². The molecular formula is C67H62ClN7O12S3. The van der Waals surface area contributed by atoms with Crippen LogP contribution in [0.4, 0.5) is 33.2 Å². The predicted molar refractivity (Wildman–Crippen MR) is 349 cm³/mol. The van der Waals surface area contributed by atoms with Crippen molar-refractivity contribution in [1.29, 1.82) is 5.26 Å². The molecular weight excluding hydrogens is 1230 g/mol. The number of allylic oxidation sites excluding steroid dienone is 1. The van der Waals surface area contributed by atoms with Crippen LogP contribution in [0.25, 0.3) is 44.3 Å². The highest BCUT2D eigenvalue weighted by Gasteiger charge is 2.56. The van der Waals surface area contributed by atoms with E-state index in [0.717, 1.165) is 35.1 Å². The van der Waals surface area contributed by atoms with Gasteiger partial charge in [0.05, 0.1) is 43.8 Å². The minimum absolute atomic E-state index is 0.000980. The van der Waals surface area contributed by atoms with Crippen molar-refractivity contribution in [2.24, 2.45) is 0 Å². The van der Waals surface area contributed by atoms with E-state index in [2.05, 4.69) is 46.0 Å². The summed E-state index contributed by atoms with van der Waals surface area (Å²) in [4.78, 5) is 51.0. The van der Waals surface area contributed by atoms with Gasteiger partial charge in [-0.1, -0.05) is 124 Å². The van der Waals surface area contributed by atoms with E-state index in [1.807, 2.05) is 31.2 Å². The Morgan fingerprint density at radius 2 is 1.48 bits per heavy atom. The Balaban J connectivity index is 0.896. The average Bonchev–Trinajstić information content (AvgIpc) is 1.55. The Morgan fingerprint density at radius 3 is 2.19 bits per heavy atom. The summed E-state index contributed by atoms with van der Waals surface area (Å²) >= 11 is 6.78. The van der Waals surface area contributed by atoms with Gasteiger partial charge in [-0.3, -0.25) is 33.6 Å². The van der Waals surface area contributed by atoms with Gasteiger partial charge in [-0.05, 0) is 146 Å². The van der Waals surface area contributed by atoms with Gasteiger partial charge in [0.15, 0.2) is 5.58 Å². The molecule has 0 spiro atoms. The van der Waals surface area contributed by atoms with E-state index in [1.54, 1.807) is 77.7 Å². The Kier molecular flexibility index (Phi) is 16.6. The molecule has 2 fully saturated rings. The Bertz CT molecular complexity index is 4850. The quantitative estimate of drug-likeness (QED) is 0.0565. The number of ketones is 1. The average molecular weight is 1290 g/mol. The second kappa shape index (κ2) is 23.9. The number of carbonyl (C=O) groups excluding carboxylic acids is 3. The molecule has 1 aliphatic carbocycles. The molecule has 0 bridgehead atoms. The smallest absolute Gasteiger partial charge is 0.414 e. The number of sulfonamides is 3. The number of nitrogens with zero attached hydrogens (tertiary/aromatic N) is 4. The number of hydrogen-bond donors (Lipinski definition) is 3. The van der Waals surface area contributed by atoms with Gasteiger partial charge in [-0.25, -0.2) is 35.0 Å². The molecule has 2 heterocycles. The number of aromatic nitrogens is 1. The topological polar surface area (TPSA) is 264 Å². The van der Waals surface area contributed by atoms with Crippen LogP contribution in [-0.2, 0) is 56.4 Å². The maximum atomic E-state index is 14.8. The molecule has 1 atom stereocenters. The largest absolute Gasteiger partial charge is 0.470 e. The number of halogens is 1. The molecule has 8 aromatic carbocycles. The predicted octanol–water partition coefficient (Wildman–Crippen LogP) is 13.7. The lowest BCUT2D eigenvalue weighted by atomic mass is 9.87. The lowest BCUT2D eigenvalue weighted by molar-refractivity contribution is -0.131.